The molecule has 4 heteroatoms. The first-order valence-electron chi connectivity index (χ1n) is 3.66. The van der Waals surface area contributed by atoms with Crippen LogP contribution in [0.25, 0.3) is 10.1 Å². The normalized spacial score (nSPS) is 10.7. The first kappa shape index (κ1) is 9.19. The van der Waals surface area contributed by atoms with Crippen LogP contribution in [0.2, 0.25) is 5.02 Å². The van der Waals surface area contributed by atoms with Crippen LogP contribution < -0.4 is 4.74 Å². The minimum atomic E-state index is 0.645. The fraction of sp³-hybridized carbons (Fsp3) is 0.111. The van der Waals surface area contributed by atoms with Gasteiger partial charge in [-0.15, -0.1) is 24.0 Å². The van der Waals surface area contributed by atoms with Crippen molar-refractivity contribution >= 4 is 45.7 Å². The zero-order valence-electron chi connectivity index (χ0n) is 6.87. The molecule has 13 heavy (non-hydrogen) atoms. The minimum absolute atomic E-state index is 0.645. The molecule has 0 amide bonds. The van der Waals surface area contributed by atoms with Crippen LogP contribution in [-0.2, 0) is 0 Å². The van der Waals surface area contributed by atoms with E-state index >= 15 is 0 Å². The fourth-order valence-corrected chi connectivity index (χ4v) is 2.98. The number of thiol groups is 1. The van der Waals surface area contributed by atoms with Gasteiger partial charge >= 0.3 is 0 Å². The number of methoxy groups -OCH3 is 1. The Labute approximate surface area is 90.7 Å². The molecule has 0 saturated heterocycles. The van der Waals surface area contributed by atoms with Crippen molar-refractivity contribution in [3.05, 3.63) is 22.5 Å². The summed E-state index contributed by atoms with van der Waals surface area (Å²) in [5.74, 6) is 0.697. The lowest BCUT2D eigenvalue weighted by Gasteiger charge is -2.03. The van der Waals surface area contributed by atoms with E-state index in [-0.39, 0.29) is 0 Å². The van der Waals surface area contributed by atoms with Gasteiger partial charge in [-0.2, -0.15) is 0 Å². The fourth-order valence-electron chi connectivity index (χ4n) is 1.21. The van der Waals surface area contributed by atoms with E-state index in [0.29, 0.717) is 10.8 Å². The first-order chi connectivity index (χ1) is 6.24. The molecule has 0 fully saturated rings. The lowest BCUT2D eigenvalue weighted by molar-refractivity contribution is 0.415. The summed E-state index contributed by atoms with van der Waals surface area (Å²) in [5.41, 5.74) is 0. The molecule has 0 atom stereocenters. The average molecular weight is 231 g/mol. The van der Waals surface area contributed by atoms with Crippen molar-refractivity contribution in [1.29, 1.82) is 0 Å². The molecule has 0 spiro atoms. The molecule has 0 radical (unpaired) electrons. The van der Waals surface area contributed by atoms with Crippen molar-refractivity contribution in [2.24, 2.45) is 0 Å². The Morgan fingerprint density at radius 2 is 2.23 bits per heavy atom. The molecule has 0 N–H and O–H groups in total. The third kappa shape index (κ3) is 1.41. The predicted octanol–water partition coefficient (Wildman–Crippen LogP) is 3.85. The largest absolute Gasteiger partial charge is 0.495 e. The molecule has 0 aliphatic heterocycles. The van der Waals surface area contributed by atoms with Crippen molar-refractivity contribution in [3.8, 4) is 5.75 Å². The van der Waals surface area contributed by atoms with Crippen molar-refractivity contribution in [1.82, 2.24) is 0 Å². The molecular weight excluding hydrogens is 224 g/mol. The van der Waals surface area contributed by atoms with Gasteiger partial charge in [0.2, 0.25) is 0 Å². The van der Waals surface area contributed by atoms with Gasteiger partial charge in [-0.25, -0.2) is 0 Å². The molecule has 1 aromatic heterocycles. The van der Waals surface area contributed by atoms with Crippen LogP contribution >= 0.6 is 35.6 Å². The maximum absolute atomic E-state index is 6.12. The summed E-state index contributed by atoms with van der Waals surface area (Å²) in [6.07, 6.45) is 0. The standard InChI is InChI=1S/C9H7ClOS2/c1-11-5-2-3-7-8(9(5)10)6(12)4-13-7/h2-4,12H,1H3. The second-order valence-corrected chi connectivity index (χ2v) is 4.35. The zero-order chi connectivity index (χ0) is 9.42. The van der Waals surface area contributed by atoms with Gasteiger partial charge in [-0.1, -0.05) is 11.6 Å². The topological polar surface area (TPSA) is 9.23 Å². The van der Waals surface area contributed by atoms with Crippen LogP contribution in [0.5, 0.6) is 5.75 Å². The second-order valence-electron chi connectivity index (χ2n) is 2.58. The first-order valence-corrected chi connectivity index (χ1v) is 5.37. The van der Waals surface area contributed by atoms with E-state index in [9.17, 15) is 0 Å². The van der Waals surface area contributed by atoms with Gasteiger partial charge in [0.1, 0.15) is 5.75 Å². The van der Waals surface area contributed by atoms with E-state index in [1.807, 2.05) is 17.5 Å². The Bertz CT molecular complexity index is 450. The highest BCUT2D eigenvalue weighted by Crippen LogP contribution is 2.39. The molecule has 0 bridgehead atoms. The van der Waals surface area contributed by atoms with Gasteiger partial charge in [0.25, 0.3) is 0 Å². The van der Waals surface area contributed by atoms with E-state index in [1.54, 1.807) is 18.4 Å². The van der Waals surface area contributed by atoms with Crippen molar-refractivity contribution < 1.29 is 4.74 Å². The van der Waals surface area contributed by atoms with Crippen LogP contribution in [-0.4, -0.2) is 7.11 Å². The summed E-state index contributed by atoms with van der Waals surface area (Å²) in [4.78, 5) is 0.906. The Hall–Kier alpha value is -0.380. The molecule has 2 rings (SSSR count). The van der Waals surface area contributed by atoms with Gasteiger partial charge in [0.15, 0.2) is 0 Å². The Morgan fingerprint density at radius 1 is 1.46 bits per heavy atom. The molecular formula is C9H7ClOS2. The van der Waals surface area contributed by atoms with E-state index in [2.05, 4.69) is 12.6 Å². The van der Waals surface area contributed by atoms with Crippen molar-refractivity contribution in [2.75, 3.05) is 7.11 Å². The maximum atomic E-state index is 6.12. The van der Waals surface area contributed by atoms with Crippen molar-refractivity contribution in [2.45, 2.75) is 4.90 Å². The third-order valence-corrected chi connectivity index (χ3v) is 3.69. The lowest BCUT2D eigenvalue weighted by Crippen LogP contribution is -1.83. The number of fused-ring (bicyclic) bond motifs is 1. The Kier molecular flexibility index (Phi) is 2.41. The van der Waals surface area contributed by atoms with Crippen LogP contribution in [0.4, 0.5) is 0 Å². The predicted molar refractivity (Wildman–Crippen MR) is 60.6 cm³/mol. The quantitative estimate of drug-likeness (QED) is 0.733. The van der Waals surface area contributed by atoms with E-state index in [0.717, 1.165) is 15.0 Å². The molecule has 1 nitrogen and oxygen atoms in total. The Morgan fingerprint density at radius 3 is 2.92 bits per heavy atom. The number of hydrogen-bond acceptors (Lipinski definition) is 3. The van der Waals surface area contributed by atoms with Crippen LogP contribution in [0.3, 0.4) is 0 Å². The number of rotatable bonds is 1. The SMILES string of the molecule is COc1ccc2scc(S)c2c1Cl. The van der Waals surface area contributed by atoms with Crippen LogP contribution in [0.1, 0.15) is 0 Å². The van der Waals surface area contributed by atoms with Gasteiger partial charge in [0, 0.05) is 20.4 Å². The van der Waals surface area contributed by atoms with Crippen LogP contribution in [0.15, 0.2) is 22.4 Å². The smallest absolute Gasteiger partial charge is 0.138 e. The third-order valence-electron chi connectivity index (χ3n) is 1.84. The summed E-state index contributed by atoms with van der Waals surface area (Å²) in [6, 6.07) is 3.86. The molecule has 0 aliphatic rings. The summed E-state index contributed by atoms with van der Waals surface area (Å²) in [7, 11) is 1.61. The molecule has 0 saturated carbocycles. The maximum Gasteiger partial charge on any atom is 0.138 e. The highest BCUT2D eigenvalue weighted by atomic mass is 35.5. The molecule has 1 heterocycles. The van der Waals surface area contributed by atoms with E-state index in [1.165, 1.54) is 0 Å². The van der Waals surface area contributed by atoms with Gasteiger partial charge in [0.05, 0.1) is 12.1 Å². The highest BCUT2D eigenvalue weighted by Gasteiger charge is 2.09. The molecule has 2 aromatic rings. The second kappa shape index (κ2) is 3.40. The van der Waals surface area contributed by atoms with Crippen molar-refractivity contribution in [3.63, 3.8) is 0 Å². The summed E-state index contributed by atoms with van der Waals surface area (Å²) in [5, 5.41) is 3.60. The number of halogens is 1. The van der Waals surface area contributed by atoms with Gasteiger partial charge < -0.3 is 4.74 Å². The molecule has 1 aromatic carbocycles. The van der Waals surface area contributed by atoms with Gasteiger partial charge in [-0.3, -0.25) is 0 Å². The lowest BCUT2D eigenvalue weighted by atomic mass is 10.2. The van der Waals surface area contributed by atoms with E-state index in [4.69, 9.17) is 16.3 Å². The van der Waals surface area contributed by atoms with Crippen LogP contribution in [0, 0.1) is 0 Å². The summed E-state index contributed by atoms with van der Waals surface area (Å²) in [6.45, 7) is 0. The average Bonchev–Trinajstić information content (AvgIpc) is 2.49. The van der Waals surface area contributed by atoms with E-state index < -0.39 is 0 Å². The Balaban J connectivity index is 2.83. The summed E-state index contributed by atoms with van der Waals surface area (Å²) < 4.78 is 6.25. The van der Waals surface area contributed by atoms with Gasteiger partial charge in [-0.05, 0) is 12.1 Å². The highest BCUT2D eigenvalue weighted by molar-refractivity contribution is 7.80. The number of ether oxygens (including phenoxy) is 1. The zero-order valence-corrected chi connectivity index (χ0v) is 9.34. The molecule has 0 aliphatic carbocycles. The number of hydrogen-bond donors (Lipinski definition) is 1. The minimum Gasteiger partial charge on any atom is -0.495 e. The monoisotopic (exact) mass is 230 g/mol. The number of benzene rings is 1. The molecule has 68 valence electrons. The summed E-state index contributed by atoms with van der Waals surface area (Å²) >= 11 is 12.1. The molecule has 0 unspecified atom stereocenters. The number of thiophene rings is 1.